The van der Waals surface area contributed by atoms with Gasteiger partial charge in [-0.15, -0.1) is 11.3 Å². The van der Waals surface area contributed by atoms with Crippen LogP contribution in [0.5, 0.6) is 0 Å². The van der Waals surface area contributed by atoms with E-state index in [0.717, 1.165) is 17.2 Å². The van der Waals surface area contributed by atoms with E-state index < -0.39 is 5.97 Å². The third-order valence-corrected chi connectivity index (χ3v) is 2.98. The molecule has 0 aliphatic rings. The second kappa shape index (κ2) is 4.47. The molecule has 0 saturated carbocycles. The highest BCUT2D eigenvalue weighted by Gasteiger charge is 2.07. The van der Waals surface area contributed by atoms with Crippen molar-refractivity contribution in [2.75, 3.05) is 5.75 Å². The maximum atomic E-state index is 10.4. The topological polar surface area (TPSA) is 50.2 Å². The Kier molecular flexibility index (Phi) is 3.55. The van der Waals surface area contributed by atoms with Crippen molar-refractivity contribution in [3.63, 3.8) is 0 Å². The minimum Gasteiger partial charge on any atom is -0.476 e. The molecule has 5 heteroatoms. The summed E-state index contributed by atoms with van der Waals surface area (Å²) in [7, 11) is 0. The highest BCUT2D eigenvalue weighted by Crippen LogP contribution is 2.15. The van der Waals surface area contributed by atoms with Crippen LogP contribution in [0.3, 0.4) is 0 Å². The number of nitrogens with zero attached hydrogens (tertiary/aromatic N) is 1. The zero-order chi connectivity index (χ0) is 8.97. The molecule has 0 aliphatic carbocycles. The van der Waals surface area contributed by atoms with Crippen LogP contribution in [0.1, 0.15) is 22.4 Å². The Morgan fingerprint density at radius 3 is 3.08 bits per heavy atom. The van der Waals surface area contributed by atoms with Gasteiger partial charge in [0.25, 0.3) is 0 Å². The van der Waals surface area contributed by atoms with E-state index in [1.807, 2.05) is 0 Å². The third kappa shape index (κ3) is 2.49. The van der Waals surface area contributed by atoms with Crippen LogP contribution in [-0.4, -0.2) is 21.8 Å². The molecule has 0 aromatic carbocycles. The van der Waals surface area contributed by atoms with Crippen LogP contribution in [0.2, 0.25) is 0 Å². The highest BCUT2D eigenvalue weighted by molar-refractivity contribution is 7.98. The van der Waals surface area contributed by atoms with Crippen LogP contribution >= 0.6 is 23.1 Å². The minimum atomic E-state index is -0.937. The number of hydrogen-bond acceptors (Lipinski definition) is 4. The number of thiazole rings is 1. The van der Waals surface area contributed by atoms with Gasteiger partial charge in [-0.1, -0.05) is 6.92 Å². The number of carboxylic acids is 1. The van der Waals surface area contributed by atoms with E-state index in [9.17, 15) is 4.79 Å². The molecule has 1 aromatic heterocycles. The van der Waals surface area contributed by atoms with Crippen molar-refractivity contribution in [3.05, 3.63) is 16.1 Å². The van der Waals surface area contributed by atoms with Crippen molar-refractivity contribution in [2.45, 2.75) is 12.7 Å². The van der Waals surface area contributed by atoms with E-state index in [1.54, 1.807) is 17.1 Å². The Morgan fingerprint density at radius 2 is 2.58 bits per heavy atom. The molecule has 0 spiro atoms. The number of thioether (sulfide) groups is 1. The van der Waals surface area contributed by atoms with Crippen LogP contribution in [0.15, 0.2) is 5.38 Å². The van der Waals surface area contributed by atoms with Crippen molar-refractivity contribution >= 4 is 29.1 Å². The van der Waals surface area contributed by atoms with Gasteiger partial charge in [-0.2, -0.15) is 11.8 Å². The first-order valence-corrected chi connectivity index (χ1v) is 5.53. The first-order valence-electron chi connectivity index (χ1n) is 3.49. The van der Waals surface area contributed by atoms with E-state index in [1.165, 1.54) is 11.3 Å². The fraction of sp³-hybridized carbons (Fsp3) is 0.429. The summed E-state index contributed by atoms with van der Waals surface area (Å²) in [5.41, 5.74) is 0.865. The summed E-state index contributed by atoms with van der Waals surface area (Å²) in [4.78, 5) is 14.4. The number of carboxylic acid groups (broad SMARTS) is 1. The first kappa shape index (κ1) is 9.54. The lowest BCUT2D eigenvalue weighted by atomic mass is 10.6. The summed E-state index contributed by atoms with van der Waals surface area (Å²) in [5.74, 6) is 0.896. The SMILES string of the molecule is CCSCc1csc(C(=O)O)n1. The summed E-state index contributed by atoms with van der Waals surface area (Å²) >= 11 is 2.92. The zero-order valence-electron chi connectivity index (χ0n) is 6.61. The van der Waals surface area contributed by atoms with Gasteiger partial charge >= 0.3 is 5.97 Å². The summed E-state index contributed by atoms with van der Waals surface area (Å²) in [6, 6.07) is 0. The average Bonchev–Trinajstić information content (AvgIpc) is 2.48. The van der Waals surface area contributed by atoms with Gasteiger partial charge < -0.3 is 5.11 Å². The molecule has 1 heterocycles. The van der Waals surface area contributed by atoms with Crippen LogP contribution < -0.4 is 0 Å². The number of aromatic nitrogens is 1. The van der Waals surface area contributed by atoms with Crippen LogP contribution in [0.25, 0.3) is 0 Å². The Labute approximate surface area is 78.8 Å². The molecule has 0 unspecified atom stereocenters. The lowest BCUT2D eigenvalue weighted by molar-refractivity contribution is 0.0696. The van der Waals surface area contributed by atoms with Gasteiger partial charge in [0.05, 0.1) is 5.69 Å². The van der Waals surface area contributed by atoms with Crippen LogP contribution in [0.4, 0.5) is 0 Å². The molecule has 3 nitrogen and oxygen atoms in total. The van der Waals surface area contributed by atoms with Crippen molar-refractivity contribution in [1.29, 1.82) is 0 Å². The molecule has 0 fully saturated rings. The quantitative estimate of drug-likeness (QED) is 0.814. The van der Waals surface area contributed by atoms with E-state index in [4.69, 9.17) is 5.11 Å². The molecule has 1 rings (SSSR count). The van der Waals surface area contributed by atoms with Crippen molar-refractivity contribution in [3.8, 4) is 0 Å². The van der Waals surface area contributed by atoms with Gasteiger partial charge in [0.2, 0.25) is 5.01 Å². The van der Waals surface area contributed by atoms with E-state index in [2.05, 4.69) is 11.9 Å². The molecule has 0 saturated heterocycles. The second-order valence-electron chi connectivity index (χ2n) is 2.09. The molecule has 66 valence electrons. The summed E-state index contributed by atoms with van der Waals surface area (Å²) in [6.07, 6.45) is 0. The monoisotopic (exact) mass is 203 g/mol. The number of carbonyl (C=O) groups is 1. The van der Waals surface area contributed by atoms with Crippen LogP contribution in [0, 0.1) is 0 Å². The lowest BCUT2D eigenvalue weighted by Crippen LogP contribution is -1.94. The predicted octanol–water partition coefficient (Wildman–Crippen LogP) is 2.09. The molecular weight excluding hydrogens is 194 g/mol. The molecule has 1 aromatic rings. The Balaban J connectivity index is 2.58. The number of aromatic carboxylic acids is 1. The largest absolute Gasteiger partial charge is 0.476 e. The van der Waals surface area contributed by atoms with Gasteiger partial charge in [0.1, 0.15) is 0 Å². The maximum Gasteiger partial charge on any atom is 0.365 e. The minimum absolute atomic E-state index is 0.182. The smallest absolute Gasteiger partial charge is 0.365 e. The summed E-state index contributed by atoms with van der Waals surface area (Å²) < 4.78 is 0. The molecular formula is C7H9NO2S2. The summed E-state index contributed by atoms with van der Waals surface area (Å²) in [6.45, 7) is 2.06. The molecule has 0 atom stereocenters. The van der Waals surface area contributed by atoms with Gasteiger partial charge in [0, 0.05) is 11.1 Å². The van der Waals surface area contributed by atoms with E-state index in [0.29, 0.717) is 0 Å². The molecule has 0 radical (unpaired) electrons. The van der Waals surface area contributed by atoms with E-state index >= 15 is 0 Å². The van der Waals surface area contributed by atoms with Crippen LogP contribution in [-0.2, 0) is 5.75 Å². The van der Waals surface area contributed by atoms with Crippen molar-refractivity contribution < 1.29 is 9.90 Å². The standard InChI is InChI=1S/C7H9NO2S2/c1-2-11-3-5-4-12-6(8-5)7(9)10/h4H,2-3H2,1H3,(H,9,10). The summed E-state index contributed by atoms with van der Waals surface area (Å²) in [5, 5.41) is 10.5. The lowest BCUT2D eigenvalue weighted by Gasteiger charge is -1.90. The Hall–Kier alpha value is -0.550. The average molecular weight is 203 g/mol. The molecule has 0 bridgehead atoms. The molecule has 12 heavy (non-hydrogen) atoms. The van der Waals surface area contributed by atoms with Gasteiger partial charge in [-0.25, -0.2) is 9.78 Å². The number of rotatable bonds is 4. The van der Waals surface area contributed by atoms with Gasteiger partial charge in [-0.3, -0.25) is 0 Å². The zero-order valence-corrected chi connectivity index (χ0v) is 8.24. The normalized spacial score (nSPS) is 10.1. The fourth-order valence-corrected chi connectivity index (χ4v) is 2.00. The first-order chi connectivity index (χ1) is 5.74. The Bertz CT molecular complexity index is 272. The number of hydrogen-bond donors (Lipinski definition) is 1. The fourth-order valence-electron chi connectivity index (χ4n) is 0.678. The van der Waals surface area contributed by atoms with Crippen molar-refractivity contribution in [2.24, 2.45) is 0 Å². The molecule has 0 aliphatic heterocycles. The highest BCUT2D eigenvalue weighted by atomic mass is 32.2. The maximum absolute atomic E-state index is 10.4. The Morgan fingerprint density at radius 1 is 1.83 bits per heavy atom. The van der Waals surface area contributed by atoms with E-state index in [-0.39, 0.29) is 5.01 Å². The third-order valence-electron chi connectivity index (χ3n) is 1.19. The van der Waals surface area contributed by atoms with Gasteiger partial charge in [0.15, 0.2) is 0 Å². The molecule has 1 N–H and O–H groups in total. The van der Waals surface area contributed by atoms with Crippen molar-refractivity contribution in [1.82, 2.24) is 4.98 Å². The second-order valence-corrected chi connectivity index (χ2v) is 4.22. The van der Waals surface area contributed by atoms with Gasteiger partial charge in [-0.05, 0) is 5.75 Å². The molecule has 0 amide bonds. The predicted molar refractivity (Wildman–Crippen MR) is 50.9 cm³/mol.